The zero-order valence-electron chi connectivity index (χ0n) is 18.4. The molecular weight excluding hydrogens is 411 g/mol. The Labute approximate surface area is 185 Å². The van der Waals surface area contributed by atoms with Gasteiger partial charge in [-0.25, -0.2) is 19.0 Å². The number of hydrogen-bond donors (Lipinski definition) is 1. The first-order chi connectivity index (χ1) is 15.5. The molecule has 0 amide bonds. The van der Waals surface area contributed by atoms with Crippen molar-refractivity contribution in [3.8, 4) is 0 Å². The maximum Gasteiger partial charge on any atom is 0.180 e. The van der Waals surface area contributed by atoms with Crippen LogP contribution < -0.4 is 5.32 Å². The van der Waals surface area contributed by atoms with Crippen molar-refractivity contribution >= 4 is 0 Å². The molecule has 0 saturated carbocycles. The molecule has 0 aliphatic rings. The molecule has 168 valence electrons. The number of halogens is 1. The Morgan fingerprint density at radius 3 is 2.66 bits per heavy atom. The molecule has 0 spiro atoms. The summed E-state index contributed by atoms with van der Waals surface area (Å²) in [4.78, 5) is 8.87. The van der Waals surface area contributed by atoms with Gasteiger partial charge in [-0.2, -0.15) is 0 Å². The SMILES string of the molecule is Cc1c(C(NCCCc2cocn2)c2nnnn2Cc2ccc(F)cc2)ncn1C(C)C. The van der Waals surface area contributed by atoms with Gasteiger partial charge in [0.2, 0.25) is 0 Å². The summed E-state index contributed by atoms with van der Waals surface area (Å²) in [7, 11) is 0. The van der Waals surface area contributed by atoms with E-state index in [1.165, 1.54) is 18.5 Å². The van der Waals surface area contributed by atoms with E-state index >= 15 is 0 Å². The van der Waals surface area contributed by atoms with E-state index < -0.39 is 0 Å². The van der Waals surface area contributed by atoms with Crippen LogP contribution >= 0.6 is 0 Å². The third-order valence-corrected chi connectivity index (χ3v) is 5.41. The second-order valence-corrected chi connectivity index (χ2v) is 8.01. The van der Waals surface area contributed by atoms with Crippen LogP contribution in [0.4, 0.5) is 4.39 Å². The van der Waals surface area contributed by atoms with Crippen LogP contribution in [0.25, 0.3) is 0 Å². The minimum absolute atomic E-state index is 0.271. The number of oxazole rings is 1. The van der Waals surface area contributed by atoms with Crippen LogP contribution in [-0.4, -0.2) is 41.3 Å². The molecule has 4 rings (SSSR count). The van der Waals surface area contributed by atoms with E-state index in [2.05, 4.69) is 51.2 Å². The number of benzene rings is 1. The van der Waals surface area contributed by atoms with Crippen molar-refractivity contribution in [2.75, 3.05) is 6.54 Å². The van der Waals surface area contributed by atoms with Crippen molar-refractivity contribution in [3.05, 3.63) is 77.5 Å². The minimum Gasteiger partial charge on any atom is -0.451 e. The summed E-state index contributed by atoms with van der Waals surface area (Å²) in [6, 6.07) is 6.35. The van der Waals surface area contributed by atoms with E-state index in [9.17, 15) is 4.39 Å². The predicted molar refractivity (Wildman–Crippen MR) is 115 cm³/mol. The highest BCUT2D eigenvalue weighted by molar-refractivity contribution is 5.23. The van der Waals surface area contributed by atoms with E-state index in [1.54, 1.807) is 23.1 Å². The summed E-state index contributed by atoms with van der Waals surface area (Å²) >= 11 is 0. The number of aromatic nitrogens is 7. The minimum atomic E-state index is -0.289. The lowest BCUT2D eigenvalue weighted by Gasteiger charge is -2.18. The Morgan fingerprint density at radius 1 is 1.16 bits per heavy atom. The monoisotopic (exact) mass is 438 g/mol. The van der Waals surface area contributed by atoms with Crippen LogP contribution in [0.15, 0.2) is 47.7 Å². The molecule has 0 bridgehead atoms. The van der Waals surface area contributed by atoms with E-state index in [4.69, 9.17) is 9.40 Å². The van der Waals surface area contributed by atoms with Crippen LogP contribution in [0, 0.1) is 12.7 Å². The normalized spacial score (nSPS) is 12.5. The third-order valence-electron chi connectivity index (χ3n) is 5.41. The number of rotatable bonds is 10. The zero-order chi connectivity index (χ0) is 22.5. The van der Waals surface area contributed by atoms with E-state index in [0.717, 1.165) is 42.0 Å². The maximum absolute atomic E-state index is 13.3. The van der Waals surface area contributed by atoms with E-state index in [1.807, 2.05) is 6.33 Å². The molecule has 4 aromatic rings. The highest BCUT2D eigenvalue weighted by Crippen LogP contribution is 2.24. The van der Waals surface area contributed by atoms with Gasteiger partial charge in [0.25, 0.3) is 0 Å². The Morgan fingerprint density at radius 2 is 1.97 bits per heavy atom. The molecule has 0 aliphatic heterocycles. The lowest BCUT2D eigenvalue weighted by Crippen LogP contribution is -2.28. The fourth-order valence-electron chi connectivity index (χ4n) is 3.72. The largest absolute Gasteiger partial charge is 0.451 e. The van der Waals surface area contributed by atoms with Gasteiger partial charge in [-0.15, -0.1) is 5.10 Å². The molecule has 0 aliphatic carbocycles. The smallest absolute Gasteiger partial charge is 0.180 e. The molecule has 1 aromatic carbocycles. The average Bonchev–Trinajstić information content (AvgIpc) is 3.52. The third kappa shape index (κ3) is 4.91. The molecule has 32 heavy (non-hydrogen) atoms. The Balaban J connectivity index is 1.57. The van der Waals surface area contributed by atoms with Crippen molar-refractivity contribution in [3.63, 3.8) is 0 Å². The van der Waals surface area contributed by atoms with Crippen LogP contribution in [0.1, 0.15) is 60.8 Å². The van der Waals surface area contributed by atoms with Gasteiger partial charge in [0.05, 0.1) is 24.3 Å². The number of hydrogen-bond acceptors (Lipinski definition) is 7. The molecule has 9 nitrogen and oxygen atoms in total. The van der Waals surface area contributed by atoms with Gasteiger partial charge in [0, 0.05) is 11.7 Å². The highest BCUT2D eigenvalue weighted by Gasteiger charge is 2.26. The molecule has 0 saturated heterocycles. The summed E-state index contributed by atoms with van der Waals surface area (Å²) in [6.45, 7) is 7.45. The first-order valence-electron chi connectivity index (χ1n) is 10.7. The van der Waals surface area contributed by atoms with Crippen LogP contribution in [0.5, 0.6) is 0 Å². The maximum atomic E-state index is 13.3. The lowest BCUT2D eigenvalue weighted by molar-refractivity contribution is 0.506. The topological polar surface area (TPSA) is 99.5 Å². The number of tetrazole rings is 1. The van der Waals surface area contributed by atoms with Gasteiger partial charge in [-0.1, -0.05) is 12.1 Å². The second-order valence-electron chi connectivity index (χ2n) is 8.01. The van der Waals surface area contributed by atoms with Gasteiger partial charge < -0.3 is 14.3 Å². The van der Waals surface area contributed by atoms with Crippen LogP contribution in [0.3, 0.4) is 0 Å². The van der Waals surface area contributed by atoms with E-state index in [0.29, 0.717) is 18.4 Å². The second kappa shape index (κ2) is 9.82. The van der Waals surface area contributed by atoms with Crippen molar-refractivity contribution in [2.45, 2.75) is 52.2 Å². The van der Waals surface area contributed by atoms with E-state index in [-0.39, 0.29) is 11.9 Å². The number of nitrogens with zero attached hydrogens (tertiary/aromatic N) is 7. The summed E-state index contributed by atoms with van der Waals surface area (Å²) < 4.78 is 22.2. The van der Waals surface area contributed by atoms with Gasteiger partial charge in [-0.05, 0) is 68.3 Å². The lowest BCUT2D eigenvalue weighted by atomic mass is 10.1. The molecule has 1 N–H and O–H groups in total. The summed E-state index contributed by atoms with van der Waals surface area (Å²) in [6.07, 6.45) is 6.63. The molecule has 0 fully saturated rings. The zero-order valence-corrected chi connectivity index (χ0v) is 18.4. The van der Waals surface area contributed by atoms with Gasteiger partial charge >= 0.3 is 0 Å². The average molecular weight is 439 g/mol. The molecular formula is C22H27FN8O. The van der Waals surface area contributed by atoms with Gasteiger partial charge in [0.15, 0.2) is 12.2 Å². The van der Waals surface area contributed by atoms with Crippen molar-refractivity contribution in [1.82, 2.24) is 40.1 Å². The fourth-order valence-corrected chi connectivity index (χ4v) is 3.72. The standard InChI is InChI=1S/C22H27FN8O/c1-15(2)30-13-25-20(16(30)3)21(24-10-4-5-19-12-32-14-26-19)22-27-28-29-31(22)11-17-6-8-18(23)9-7-17/h6-9,12-15,21,24H,4-5,10-11H2,1-3H3. The number of aryl methyl sites for hydroxylation is 1. The number of nitrogens with one attached hydrogen (secondary N) is 1. The summed E-state index contributed by atoms with van der Waals surface area (Å²) in [5.41, 5.74) is 3.78. The molecule has 1 unspecified atom stereocenters. The van der Waals surface area contributed by atoms with Gasteiger partial charge in [-0.3, -0.25) is 0 Å². The molecule has 1 atom stereocenters. The summed E-state index contributed by atoms with van der Waals surface area (Å²) in [5, 5.41) is 16.0. The fraction of sp³-hybridized carbons (Fsp3) is 0.409. The first kappa shape index (κ1) is 21.8. The summed E-state index contributed by atoms with van der Waals surface area (Å²) in [5.74, 6) is 0.389. The van der Waals surface area contributed by atoms with Gasteiger partial charge in [0.1, 0.15) is 18.1 Å². The number of imidazole rings is 1. The van der Waals surface area contributed by atoms with Crippen LogP contribution in [-0.2, 0) is 13.0 Å². The van der Waals surface area contributed by atoms with Crippen molar-refractivity contribution < 1.29 is 8.81 Å². The molecule has 0 radical (unpaired) electrons. The van der Waals surface area contributed by atoms with Crippen LogP contribution in [0.2, 0.25) is 0 Å². The molecule has 3 aromatic heterocycles. The molecule has 3 heterocycles. The Hall–Kier alpha value is -3.40. The predicted octanol–water partition coefficient (Wildman–Crippen LogP) is 3.25. The van der Waals surface area contributed by atoms with Crippen molar-refractivity contribution in [2.24, 2.45) is 0 Å². The Kier molecular flexibility index (Phi) is 6.69. The Bertz CT molecular complexity index is 1120. The molecule has 10 heteroatoms. The quantitative estimate of drug-likeness (QED) is 0.379. The first-order valence-corrected chi connectivity index (χ1v) is 10.7. The highest BCUT2D eigenvalue weighted by atomic mass is 19.1. The van der Waals surface area contributed by atoms with Crippen molar-refractivity contribution in [1.29, 1.82) is 0 Å².